The van der Waals surface area contributed by atoms with Gasteiger partial charge in [-0.3, -0.25) is 29.5 Å². The molecule has 0 radical (unpaired) electrons. The van der Waals surface area contributed by atoms with E-state index in [1.165, 1.54) is 0 Å². The summed E-state index contributed by atoms with van der Waals surface area (Å²) in [6.45, 7) is 12.1. The van der Waals surface area contributed by atoms with Gasteiger partial charge >= 0.3 is 6.18 Å². The van der Waals surface area contributed by atoms with Gasteiger partial charge in [0.25, 0.3) is 5.91 Å². The predicted octanol–water partition coefficient (Wildman–Crippen LogP) is 5.53. The van der Waals surface area contributed by atoms with Crippen LogP contribution in [-0.4, -0.2) is 120 Å². The zero-order valence-corrected chi connectivity index (χ0v) is 36.7. The Hall–Kier alpha value is -5.96. The van der Waals surface area contributed by atoms with E-state index in [1.54, 1.807) is 30.9 Å². The van der Waals surface area contributed by atoms with Crippen LogP contribution in [0.4, 0.5) is 30.4 Å². The predicted molar refractivity (Wildman–Crippen MR) is 239 cm³/mol. The second kappa shape index (κ2) is 18.5. The smallest absolute Gasteiger partial charge is 0.416 e. The molecule has 4 N–H and O–H groups in total. The van der Waals surface area contributed by atoms with Crippen LogP contribution < -0.4 is 26.0 Å². The Balaban J connectivity index is 0.799. The van der Waals surface area contributed by atoms with Crippen molar-refractivity contribution in [2.45, 2.75) is 76.9 Å². The number of hydrogen-bond donors (Lipinski definition) is 3. The molecule has 1 aromatic heterocycles. The van der Waals surface area contributed by atoms with Crippen molar-refractivity contribution in [3.8, 4) is 17.6 Å². The molecule has 65 heavy (non-hydrogen) atoms. The number of imide groups is 1. The number of nitrogen functional groups attached to an aromatic ring is 1. The summed E-state index contributed by atoms with van der Waals surface area (Å²) in [7, 11) is 0. The molecule has 17 heteroatoms. The van der Waals surface area contributed by atoms with E-state index in [0.29, 0.717) is 78.1 Å². The molecular formula is C48H54F3N9O5. The molecule has 3 amide bonds. The number of halogens is 3. The Morgan fingerprint density at radius 3 is 2.51 bits per heavy atom. The van der Waals surface area contributed by atoms with Crippen molar-refractivity contribution in [1.82, 2.24) is 30.0 Å². The molecule has 342 valence electrons. The number of alkyl halides is 3. The van der Waals surface area contributed by atoms with Crippen molar-refractivity contribution in [3.05, 3.63) is 82.2 Å². The van der Waals surface area contributed by atoms with Gasteiger partial charge in [0.2, 0.25) is 11.8 Å². The SMILES string of the molecule is Cc1nc(N[C@H](C)c2cc(N)cc(C(F)(F)F)c2)c2cc(O[C@H]3CCOC3)c(N3CCN(CC4CCN(CC#Cc5ccc6c(c5)CN(C5CCC(=O)NC5=O)C6=O)CC4)CC3)cc2n1. The molecule has 0 saturated carbocycles. The van der Waals surface area contributed by atoms with Crippen LogP contribution in [0.1, 0.15) is 83.5 Å². The normalized spacial score (nSPS) is 21.6. The van der Waals surface area contributed by atoms with Gasteiger partial charge in [0, 0.05) is 74.3 Å². The monoisotopic (exact) mass is 893 g/mol. The van der Waals surface area contributed by atoms with Crippen molar-refractivity contribution >= 4 is 45.8 Å². The minimum Gasteiger partial charge on any atom is -0.486 e. The number of fused-ring (bicyclic) bond motifs is 2. The van der Waals surface area contributed by atoms with Gasteiger partial charge in [0.1, 0.15) is 29.5 Å². The Bertz CT molecular complexity index is 2540. The number of hydrogen-bond acceptors (Lipinski definition) is 12. The third-order valence-electron chi connectivity index (χ3n) is 13.2. The fourth-order valence-electron chi connectivity index (χ4n) is 9.65. The number of carbonyl (C=O) groups excluding carboxylic acids is 3. The van der Waals surface area contributed by atoms with Crippen LogP contribution in [0.5, 0.6) is 5.75 Å². The third-order valence-corrected chi connectivity index (χ3v) is 13.2. The number of piperazine rings is 1. The van der Waals surface area contributed by atoms with Crippen molar-refractivity contribution in [2.75, 3.05) is 81.5 Å². The zero-order valence-electron chi connectivity index (χ0n) is 36.7. The topological polar surface area (TPSA) is 158 Å². The van der Waals surface area contributed by atoms with Crippen molar-refractivity contribution in [2.24, 2.45) is 5.92 Å². The summed E-state index contributed by atoms with van der Waals surface area (Å²) in [5.41, 5.74) is 9.46. The molecule has 14 nitrogen and oxygen atoms in total. The van der Waals surface area contributed by atoms with Gasteiger partial charge in [-0.1, -0.05) is 11.8 Å². The van der Waals surface area contributed by atoms with E-state index in [4.69, 9.17) is 25.2 Å². The molecule has 0 aliphatic carbocycles. The number of piperidine rings is 2. The maximum atomic E-state index is 13.7. The Morgan fingerprint density at radius 1 is 0.969 bits per heavy atom. The molecule has 4 fully saturated rings. The average Bonchev–Trinajstić information content (AvgIpc) is 3.91. The number of nitrogens with zero attached hydrogens (tertiary/aromatic N) is 6. The van der Waals surface area contributed by atoms with E-state index in [2.05, 4.69) is 37.2 Å². The summed E-state index contributed by atoms with van der Waals surface area (Å²) in [6, 6.07) is 12.0. The lowest BCUT2D eigenvalue weighted by Crippen LogP contribution is -2.52. The molecule has 5 aliphatic heterocycles. The molecular weight excluding hydrogens is 840 g/mol. The van der Waals surface area contributed by atoms with E-state index >= 15 is 0 Å². The molecule has 6 heterocycles. The molecule has 0 bridgehead atoms. The number of carbonyl (C=O) groups is 3. The minimum absolute atomic E-state index is 0.0358. The summed E-state index contributed by atoms with van der Waals surface area (Å²) < 4.78 is 53.2. The molecule has 4 saturated heterocycles. The Kier molecular flexibility index (Phi) is 12.6. The second-order valence-electron chi connectivity index (χ2n) is 17.9. The summed E-state index contributed by atoms with van der Waals surface area (Å²) in [6.07, 6.45) is -1.11. The largest absolute Gasteiger partial charge is 0.486 e. The zero-order chi connectivity index (χ0) is 45.4. The highest BCUT2D eigenvalue weighted by Gasteiger charge is 2.39. The Labute approximate surface area is 376 Å². The number of nitrogens with two attached hydrogens (primary N) is 1. The van der Waals surface area contributed by atoms with E-state index in [-0.39, 0.29) is 30.0 Å². The van der Waals surface area contributed by atoms with Crippen LogP contribution in [0.15, 0.2) is 48.5 Å². The average molecular weight is 894 g/mol. The van der Waals surface area contributed by atoms with Gasteiger partial charge < -0.3 is 30.3 Å². The number of nitrogens with one attached hydrogen (secondary N) is 2. The van der Waals surface area contributed by atoms with Crippen LogP contribution in [-0.2, 0) is 27.0 Å². The van der Waals surface area contributed by atoms with Gasteiger partial charge in [-0.25, -0.2) is 9.97 Å². The number of benzene rings is 3. The first kappa shape index (κ1) is 44.3. The van der Waals surface area contributed by atoms with Gasteiger partial charge in [-0.15, -0.1) is 0 Å². The van der Waals surface area contributed by atoms with E-state index in [9.17, 15) is 27.6 Å². The standard InChI is InChI=1S/C48H54F3N9O5/c1-29(33-21-35(48(49,50)51)23-36(52)22-33)53-45-39-24-43(65-37-11-19-64-28-37)42(25-40(39)54-30(2)55-45)59-17-15-58(16-18-59)26-32-9-13-57(14-10-32)12-3-4-31-5-6-38-34(20-31)27-60(47(38)63)41-7-8-44(61)56-46(41)62/h5-6,20-25,29,32,37,41H,7-19,26-28,52H2,1-2H3,(H,53,54,55)(H,56,61,62)/t29-,37+,41?/m1/s1. The van der Waals surface area contributed by atoms with Crippen molar-refractivity contribution in [1.29, 1.82) is 0 Å². The summed E-state index contributed by atoms with van der Waals surface area (Å²) in [4.78, 5) is 55.4. The number of ether oxygens (including phenoxy) is 2. The minimum atomic E-state index is -4.52. The number of amides is 3. The van der Waals surface area contributed by atoms with Crippen LogP contribution >= 0.6 is 0 Å². The van der Waals surface area contributed by atoms with Crippen molar-refractivity contribution < 1.29 is 37.0 Å². The molecule has 5 aliphatic rings. The quantitative estimate of drug-likeness (QED) is 0.104. The molecule has 9 rings (SSSR count). The summed E-state index contributed by atoms with van der Waals surface area (Å²) in [5.74, 6) is 8.03. The molecule has 1 unspecified atom stereocenters. The number of likely N-dealkylation sites (tertiary alicyclic amines) is 1. The highest BCUT2D eigenvalue weighted by atomic mass is 19.4. The highest BCUT2D eigenvalue weighted by molar-refractivity contribution is 6.05. The number of anilines is 3. The van der Waals surface area contributed by atoms with Crippen LogP contribution in [0, 0.1) is 24.7 Å². The molecule has 0 spiro atoms. The first-order valence-corrected chi connectivity index (χ1v) is 22.5. The molecule has 4 aromatic rings. The van der Waals surface area contributed by atoms with Gasteiger partial charge in [-0.05, 0) is 112 Å². The highest BCUT2D eigenvalue weighted by Crippen LogP contribution is 2.39. The molecule has 3 aromatic carbocycles. The first-order valence-electron chi connectivity index (χ1n) is 22.5. The van der Waals surface area contributed by atoms with Crippen molar-refractivity contribution in [3.63, 3.8) is 0 Å². The lowest BCUT2D eigenvalue weighted by molar-refractivity contribution is -0.138. The second-order valence-corrected chi connectivity index (χ2v) is 17.9. The van der Waals surface area contributed by atoms with E-state index < -0.39 is 29.7 Å². The third kappa shape index (κ3) is 10.00. The summed E-state index contributed by atoms with van der Waals surface area (Å²) in [5, 5.41) is 6.40. The fraction of sp³-hybridized carbons (Fsp3) is 0.479. The lowest BCUT2D eigenvalue weighted by atomic mass is 9.96. The lowest BCUT2D eigenvalue weighted by Gasteiger charge is -2.40. The summed E-state index contributed by atoms with van der Waals surface area (Å²) >= 11 is 0. The number of aromatic nitrogens is 2. The van der Waals surface area contributed by atoms with E-state index in [0.717, 1.165) is 94.0 Å². The van der Waals surface area contributed by atoms with Crippen LogP contribution in [0.25, 0.3) is 10.9 Å². The van der Waals surface area contributed by atoms with Crippen LogP contribution in [0.3, 0.4) is 0 Å². The van der Waals surface area contributed by atoms with Crippen LogP contribution in [0.2, 0.25) is 0 Å². The number of rotatable bonds is 10. The van der Waals surface area contributed by atoms with Gasteiger partial charge in [0.15, 0.2) is 0 Å². The van der Waals surface area contributed by atoms with E-state index in [1.807, 2.05) is 24.3 Å². The maximum absolute atomic E-state index is 13.7. The first-order chi connectivity index (χ1) is 31.2. The van der Waals surface area contributed by atoms with Gasteiger partial charge in [0.05, 0.1) is 42.6 Å². The molecule has 3 atom stereocenters. The Morgan fingerprint density at radius 2 is 1.77 bits per heavy atom. The fourth-order valence-corrected chi connectivity index (χ4v) is 9.65. The number of aryl methyl sites for hydroxylation is 1. The van der Waals surface area contributed by atoms with Gasteiger partial charge in [-0.2, -0.15) is 13.2 Å². The maximum Gasteiger partial charge on any atom is 0.416 e.